The number of hydrogen-bond donors (Lipinski definition) is 0. The third-order valence-electron chi connectivity index (χ3n) is 3.85. The molecule has 0 saturated carbocycles. The number of benzene rings is 1. The highest BCUT2D eigenvalue weighted by Crippen LogP contribution is 2.24. The van der Waals surface area contributed by atoms with Gasteiger partial charge in [0.2, 0.25) is 0 Å². The van der Waals surface area contributed by atoms with Crippen molar-refractivity contribution in [3.63, 3.8) is 0 Å². The highest BCUT2D eigenvalue weighted by molar-refractivity contribution is 5.94. The summed E-state index contributed by atoms with van der Waals surface area (Å²) in [6, 6.07) is 0.968. The lowest BCUT2D eigenvalue weighted by Gasteiger charge is -2.32. The molecular formula is C17H20F3NO3. The van der Waals surface area contributed by atoms with E-state index >= 15 is 0 Å². The van der Waals surface area contributed by atoms with Crippen LogP contribution < -0.4 is 0 Å². The van der Waals surface area contributed by atoms with Gasteiger partial charge in [0.05, 0.1) is 12.5 Å². The predicted octanol–water partition coefficient (Wildman–Crippen LogP) is 3.30. The van der Waals surface area contributed by atoms with E-state index in [1.165, 1.54) is 4.90 Å². The van der Waals surface area contributed by atoms with Crippen molar-refractivity contribution in [2.45, 2.75) is 39.2 Å². The van der Waals surface area contributed by atoms with E-state index < -0.39 is 28.9 Å². The molecule has 1 heterocycles. The molecule has 0 N–H and O–H groups in total. The molecule has 1 saturated heterocycles. The average molecular weight is 343 g/mol. The van der Waals surface area contributed by atoms with Gasteiger partial charge in [-0.15, -0.1) is 0 Å². The van der Waals surface area contributed by atoms with Crippen molar-refractivity contribution in [2.24, 2.45) is 5.92 Å². The Hall–Kier alpha value is -2.05. The van der Waals surface area contributed by atoms with Gasteiger partial charge in [0.15, 0.2) is 0 Å². The minimum Gasteiger partial charge on any atom is -0.463 e. The molecule has 24 heavy (non-hydrogen) atoms. The minimum absolute atomic E-state index is 0.125. The van der Waals surface area contributed by atoms with Crippen LogP contribution in [0.5, 0.6) is 0 Å². The molecule has 132 valence electrons. The second-order valence-corrected chi connectivity index (χ2v) is 6.25. The molecule has 1 amide bonds. The molecule has 0 aromatic heterocycles. The molecule has 1 aliphatic rings. The summed E-state index contributed by atoms with van der Waals surface area (Å²) >= 11 is 0. The fourth-order valence-electron chi connectivity index (χ4n) is 2.87. The molecule has 7 heteroatoms. The summed E-state index contributed by atoms with van der Waals surface area (Å²) in [5.74, 6) is -4.83. The summed E-state index contributed by atoms with van der Waals surface area (Å²) in [5.41, 5.74) is -0.762. The van der Waals surface area contributed by atoms with Crippen LogP contribution in [0, 0.1) is 23.4 Å². The maximum Gasteiger partial charge on any atom is 0.306 e. The van der Waals surface area contributed by atoms with Gasteiger partial charge in [-0.2, -0.15) is 0 Å². The van der Waals surface area contributed by atoms with E-state index in [9.17, 15) is 22.8 Å². The van der Waals surface area contributed by atoms with Crippen molar-refractivity contribution in [2.75, 3.05) is 13.1 Å². The van der Waals surface area contributed by atoms with Crippen LogP contribution in [-0.4, -0.2) is 36.0 Å². The van der Waals surface area contributed by atoms with Gasteiger partial charge in [-0.25, -0.2) is 13.2 Å². The van der Waals surface area contributed by atoms with Crippen LogP contribution in [0.15, 0.2) is 12.1 Å². The third-order valence-corrected chi connectivity index (χ3v) is 3.85. The predicted molar refractivity (Wildman–Crippen MR) is 80.8 cm³/mol. The van der Waals surface area contributed by atoms with E-state index in [1.807, 2.05) is 0 Å². The summed E-state index contributed by atoms with van der Waals surface area (Å²) < 4.78 is 45.6. The fraction of sp³-hybridized carbons (Fsp3) is 0.529. The first-order chi connectivity index (χ1) is 11.3. The van der Waals surface area contributed by atoms with Crippen molar-refractivity contribution in [1.82, 2.24) is 4.90 Å². The molecule has 1 aromatic carbocycles. The normalized spacial score (nSPS) is 17.9. The van der Waals surface area contributed by atoms with Crippen LogP contribution in [0.4, 0.5) is 13.2 Å². The highest BCUT2D eigenvalue weighted by atomic mass is 19.1. The van der Waals surface area contributed by atoms with Crippen molar-refractivity contribution < 1.29 is 27.5 Å². The first-order valence-electron chi connectivity index (χ1n) is 7.91. The van der Waals surface area contributed by atoms with Crippen molar-refractivity contribution in [3.05, 3.63) is 35.1 Å². The quantitative estimate of drug-likeness (QED) is 0.788. The van der Waals surface area contributed by atoms with E-state index in [0.29, 0.717) is 25.1 Å². The molecule has 1 aliphatic heterocycles. The number of nitrogens with zero attached hydrogens (tertiary/aromatic N) is 1. The van der Waals surface area contributed by atoms with Gasteiger partial charge in [0, 0.05) is 25.2 Å². The average Bonchev–Trinajstić information content (AvgIpc) is 2.45. The Morgan fingerprint density at radius 1 is 1.25 bits per heavy atom. The summed E-state index contributed by atoms with van der Waals surface area (Å²) in [5, 5.41) is 0. The Bertz CT molecular complexity index is 611. The van der Waals surface area contributed by atoms with Gasteiger partial charge in [-0.05, 0) is 32.6 Å². The van der Waals surface area contributed by atoms with E-state index in [2.05, 4.69) is 0 Å². The number of ether oxygens (including phenoxy) is 1. The number of carbonyl (C=O) groups is 2. The standard InChI is InChI=1S/C17H20F3NO3/c1-10(2)24-15(22)6-11-4-3-5-21(9-11)17(23)16-13(19)7-12(18)8-14(16)20/h7-8,10-11H,3-6,9H2,1-2H3. The van der Waals surface area contributed by atoms with E-state index in [1.54, 1.807) is 13.8 Å². The highest BCUT2D eigenvalue weighted by Gasteiger charge is 2.30. The molecule has 2 rings (SSSR count). The molecule has 1 aromatic rings. The van der Waals surface area contributed by atoms with Crippen LogP contribution in [0.25, 0.3) is 0 Å². The maximum absolute atomic E-state index is 13.8. The summed E-state index contributed by atoms with van der Waals surface area (Å²) in [6.07, 6.45) is 1.28. The lowest BCUT2D eigenvalue weighted by Crippen LogP contribution is -2.41. The molecule has 0 aliphatic carbocycles. The van der Waals surface area contributed by atoms with E-state index in [-0.39, 0.29) is 31.0 Å². The Morgan fingerprint density at radius 2 is 1.88 bits per heavy atom. The van der Waals surface area contributed by atoms with Gasteiger partial charge in [-0.3, -0.25) is 9.59 Å². The van der Waals surface area contributed by atoms with Crippen LogP contribution >= 0.6 is 0 Å². The topological polar surface area (TPSA) is 46.6 Å². The molecule has 1 fully saturated rings. The van der Waals surface area contributed by atoms with Crippen molar-refractivity contribution >= 4 is 11.9 Å². The number of likely N-dealkylation sites (tertiary alicyclic amines) is 1. The van der Waals surface area contributed by atoms with Gasteiger partial charge < -0.3 is 9.64 Å². The fourth-order valence-corrected chi connectivity index (χ4v) is 2.87. The number of piperidine rings is 1. The van der Waals surface area contributed by atoms with E-state index in [4.69, 9.17) is 4.74 Å². The first kappa shape index (κ1) is 18.3. The molecule has 0 bridgehead atoms. The maximum atomic E-state index is 13.8. The molecule has 1 atom stereocenters. The largest absolute Gasteiger partial charge is 0.463 e. The number of esters is 1. The number of hydrogen-bond acceptors (Lipinski definition) is 3. The monoisotopic (exact) mass is 343 g/mol. The Morgan fingerprint density at radius 3 is 2.46 bits per heavy atom. The Kier molecular flexibility index (Phi) is 5.85. The van der Waals surface area contributed by atoms with Crippen LogP contribution in [0.3, 0.4) is 0 Å². The third kappa shape index (κ3) is 4.49. The number of rotatable bonds is 4. The molecule has 0 radical (unpaired) electrons. The Labute approximate surface area is 138 Å². The van der Waals surface area contributed by atoms with Gasteiger partial charge in [-0.1, -0.05) is 0 Å². The molecule has 4 nitrogen and oxygen atoms in total. The number of amides is 1. The van der Waals surface area contributed by atoms with Crippen molar-refractivity contribution in [1.29, 1.82) is 0 Å². The first-order valence-corrected chi connectivity index (χ1v) is 7.91. The summed E-state index contributed by atoms with van der Waals surface area (Å²) in [4.78, 5) is 25.4. The van der Waals surface area contributed by atoms with Crippen molar-refractivity contribution in [3.8, 4) is 0 Å². The summed E-state index contributed by atoms with van der Waals surface area (Å²) in [7, 11) is 0. The van der Waals surface area contributed by atoms with Gasteiger partial charge in [0.1, 0.15) is 23.0 Å². The summed E-state index contributed by atoms with van der Waals surface area (Å²) in [6.45, 7) is 4.04. The second-order valence-electron chi connectivity index (χ2n) is 6.25. The lowest BCUT2D eigenvalue weighted by molar-refractivity contribution is -0.148. The van der Waals surface area contributed by atoms with Crippen LogP contribution in [-0.2, 0) is 9.53 Å². The van der Waals surface area contributed by atoms with Crippen LogP contribution in [0.2, 0.25) is 0 Å². The number of carbonyl (C=O) groups excluding carboxylic acids is 2. The number of halogens is 3. The minimum atomic E-state index is -1.22. The van der Waals surface area contributed by atoms with Gasteiger partial charge >= 0.3 is 5.97 Å². The molecular weight excluding hydrogens is 323 g/mol. The zero-order valence-corrected chi connectivity index (χ0v) is 13.7. The van der Waals surface area contributed by atoms with Gasteiger partial charge in [0.25, 0.3) is 5.91 Å². The lowest BCUT2D eigenvalue weighted by atomic mass is 9.94. The van der Waals surface area contributed by atoms with E-state index in [0.717, 1.165) is 6.42 Å². The zero-order valence-electron chi connectivity index (χ0n) is 13.7. The van der Waals surface area contributed by atoms with Crippen LogP contribution in [0.1, 0.15) is 43.5 Å². The Balaban J connectivity index is 2.07. The smallest absolute Gasteiger partial charge is 0.306 e. The zero-order chi connectivity index (χ0) is 17.9. The SMILES string of the molecule is CC(C)OC(=O)CC1CCCN(C(=O)c2c(F)cc(F)cc2F)C1. The molecule has 0 spiro atoms. The molecule has 1 unspecified atom stereocenters. The second kappa shape index (κ2) is 7.68.